The summed E-state index contributed by atoms with van der Waals surface area (Å²) in [6.45, 7) is 0.879. The van der Waals surface area contributed by atoms with Crippen molar-refractivity contribution in [2.75, 3.05) is 13.2 Å². The van der Waals surface area contributed by atoms with Gasteiger partial charge in [-0.05, 0) is 35.7 Å². The summed E-state index contributed by atoms with van der Waals surface area (Å²) >= 11 is 11.0. The molecule has 1 atom stereocenters. The zero-order valence-electron chi connectivity index (χ0n) is 7.32. The monoisotopic (exact) mass is 233 g/mol. The SMILES string of the molecule is ClN(Cl)C[C@H]1COc2ccccc2O1. The van der Waals surface area contributed by atoms with Crippen molar-refractivity contribution in [1.82, 2.24) is 3.94 Å². The van der Waals surface area contributed by atoms with Crippen molar-refractivity contribution in [3.05, 3.63) is 24.3 Å². The molecular weight excluding hydrogens is 225 g/mol. The molecule has 1 aliphatic heterocycles. The van der Waals surface area contributed by atoms with Crippen molar-refractivity contribution in [3.8, 4) is 11.5 Å². The zero-order valence-corrected chi connectivity index (χ0v) is 8.83. The molecule has 0 bridgehead atoms. The lowest BCUT2D eigenvalue weighted by Crippen LogP contribution is -2.35. The summed E-state index contributed by atoms with van der Waals surface area (Å²) in [5.74, 6) is 1.50. The highest BCUT2D eigenvalue weighted by atomic mass is 35.5. The fourth-order valence-corrected chi connectivity index (χ4v) is 1.61. The Kier molecular flexibility index (Phi) is 3.01. The van der Waals surface area contributed by atoms with Gasteiger partial charge in [0.15, 0.2) is 11.5 Å². The van der Waals surface area contributed by atoms with Gasteiger partial charge in [0.2, 0.25) is 0 Å². The normalized spacial score (nSPS) is 19.8. The van der Waals surface area contributed by atoms with E-state index >= 15 is 0 Å². The number of fused-ring (bicyclic) bond motifs is 1. The van der Waals surface area contributed by atoms with Gasteiger partial charge in [-0.1, -0.05) is 12.1 Å². The minimum atomic E-state index is -0.125. The van der Waals surface area contributed by atoms with Crippen LogP contribution in [0.3, 0.4) is 0 Å². The summed E-state index contributed by atoms with van der Waals surface area (Å²) in [5, 5.41) is 0. The van der Waals surface area contributed by atoms with Gasteiger partial charge in [-0.25, -0.2) is 0 Å². The standard InChI is InChI=1S/C9H9Cl2NO2/c10-12(11)5-7-6-13-8-3-1-2-4-9(8)14-7/h1-4,7H,5-6H2/t7-/m0/s1. The van der Waals surface area contributed by atoms with E-state index in [-0.39, 0.29) is 6.10 Å². The number of para-hydroxylation sites is 2. The molecule has 0 unspecified atom stereocenters. The number of hydrogen-bond donors (Lipinski definition) is 0. The average molecular weight is 234 g/mol. The van der Waals surface area contributed by atoms with Crippen molar-refractivity contribution in [3.63, 3.8) is 0 Å². The lowest BCUT2D eigenvalue weighted by atomic mass is 10.2. The lowest BCUT2D eigenvalue weighted by molar-refractivity contribution is 0.0862. The molecule has 0 saturated carbocycles. The quantitative estimate of drug-likeness (QED) is 0.733. The van der Waals surface area contributed by atoms with Crippen LogP contribution in [0.2, 0.25) is 0 Å². The highest BCUT2D eigenvalue weighted by Gasteiger charge is 2.21. The van der Waals surface area contributed by atoms with Crippen LogP contribution in [-0.4, -0.2) is 23.2 Å². The van der Waals surface area contributed by atoms with Gasteiger partial charge in [0.05, 0.1) is 6.54 Å². The Morgan fingerprint density at radius 3 is 2.71 bits per heavy atom. The third kappa shape index (κ3) is 2.23. The molecule has 0 aromatic heterocycles. The first-order valence-electron chi connectivity index (χ1n) is 4.23. The van der Waals surface area contributed by atoms with E-state index < -0.39 is 0 Å². The summed E-state index contributed by atoms with van der Waals surface area (Å²) in [6.07, 6.45) is -0.125. The van der Waals surface area contributed by atoms with Gasteiger partial charge in [-0.3, -0.25) is 0 Å². The zero-order chi connectivity index (χ0) is 9.97. The van der Waals surface area contributed by atoms with Crippen LogP contribution in [0.4, 0.5) is 0 Å². The van der Waals surface area contributed by atoms with Crippen molar-refractivity contribution < 1.29 is 9.47 Å². The molecule has 0 saturated heterocycles. The fourth-order valence-electron chi connectivity index (χ4n) is 1.31. The Balaban J connectivity index is 2.06. The highest BCUT2D eigenvalue weighted by Crippen LogP contribution is 2.31. The first-order chi connectivity index (χ1) is 6.75. The van der Waals surface area contributed by atoms with Crippen molar-refractivity contribution in [2.24, 2.45) is 0 Å². The van der Waals surface area contributed by atoms with Gasteiger partial charge in [0, 0.05) is 0 Å². The third-order valence-electron chi connectivity index (χ3n) is 1.91. The summed E-state index contributed by atoms with van der Waals surface area (Å²) in [4.78, 5) is 0. The predicted molar refractivity (Wildman–Crippen MR) is 54.8 cm³/mol. The molecule has 1 aromatic carbocycles. The molecule has 76 valence electrons. The molecule has 0 amide bonds. The smallest absolute Gasteiger partial charge is 0.161 e. The second kappa shape index (κ2) is 4.26. The molecule has 0 aliphatic carbocycles. The molecule has 0 spiro atoms. The fraction of sp³-hybridized carbons (Fsp3) is 0.333. The highest BCUT2D eigenvalue weighted by molar-refractivity contribution is 6.33. The largest absolute Gasteiger partial charge is 0.486 e. The van der Waals surface area contributed by atoms with E-state index in [4.69, 9.17) is 33.0 Å². The molecule has 14 heavy (non-hydrogen) atoms. The van der Waals surface area contributed by atoms with Crippen LogP contribution in [-0.2, 0) is 0 Å². The van der Waals surface area contributed by atoms with Gasteiger partial charge in [-0.2, -0.15) is 0 Å². The number of benzene rings is 1. The van der Waals surface area contributed by atoms with Gasteiger partial charge >= 0.3 is 0 Å². The summed E-state index contributed by atoms with van der Waals surface area (Å²) in [6, 6.07) is 7.51. The molecule has 0 radical (unpaired) electrons. The van der Waals surface area contributed by atoms with Gasteiger partial charge < -0.3 is 9.47 Å². The number of rotatable bonds is 2. The van der Waals surface area contributed by atoms with E-state index in [0.717, 1.165) is 15.4 Å². The van der Waals surface area contributed by atoms with Gasteiger partial charge in [0.1, 0.15) is 12.7 Å². The lowest BCUT2D eigenvalue weighted by Gasteiger charge is -2.26. The molecule has 0 fully saturated rings. The van der Waals surface area contributed by atoms with E-state index in [1.807, 2.05) is 24.3 Å². The number of halogens is 2. The van der Waals surface area contributed by atoms with E-state index in [9.17, 15) is 0 Å². The molecule has 1 aliphatic rings. The van der Waals surface area contributed by atoms with E-state index in [2.05, 4.69) is 0 Å². The van der Waals surface area contributed by atoms with Crippen LogP contribution >= 0.6 is 23.6 Å². The Morgan fingerprint density at radius 1 is 1.29 bits per heavy atom. The van der Waals surface area contributed by atoms with E-state index in [1.54, 1.807) is 0 Å². The first kappa shape index (κ1) is 9.90. The van der Waals surface area contributed by atoms with Crippen LogP contribution in [0.5, 0.6) is 11.5 Å². The maximum absolute atomic E-state index is 5.61. The Morgan fingerprint density at radius 2 is 2.00 bits per heavy atom. The maximum Gasteiger partial charge on any atom is 0.161 e. The second-order valence-corrected chi connectivity index (χ2v) is 3.97. The maximum atomic E-state index is 5.61. The first-order valence-corrected chi connectivity index (χ1v) is 4.91. The molecule has 0 N–H and O–H groups in total. The minimum Gasteiger partial charge on any atom is -0.486 e. The number of hydrogen-bond acceptors (Lipinski definition) is 3. The van der Waals surface area contributed by atoms with Crippen molar-refractivity contribution in [2.45, 2.75) is 6.10 Å². The second-order valence-electron chi connectivity index (χ2n) is 2.98. The Labute approximate surface area is 92.3 Å². The molecular formula is C9H9Cl2NO2. The van der Waals surface area contributed by atoms with Crippen LogP contribution < -0.4 is 9.47 Å². The third-order valence-corrected chi connectivity index (χ3v) is 2.19. The predicted octanol–water partition coefficient (Wildman–Crippen LogP) is 2.44. The summed E-state index contributed by atoms with van der Waals surface area (Å²) in [5.41, 5.74) is 0. The van der Waals surface area contributed by atoms with Crippen LogP contribution in [0.25, 0.3) is 0 Å². The van der Waals surface area contributed by atoms with Crippen LogP contribution in [0.1, 0.15) is 0 Å². The molecule has 5 heteroatoms. The number of nitrogens with zero attached hydrogens (tertiary/aromatic N) is 1. The van der Waals surface area contributed by atoms with Crippen molar-refractivity contribution in [1.29, 1.82) is 0 Å². The van der Waals surface area contributed by atoms with Crippen LogP contribution in [0.15, 0.2) is 24.3 Å². The van der Waals surface area contributed by atoms with E-state index in [0.29, 0.717) is 13.2 Å². The summed E-state index contributed by atoms with van der Waals surface area (Å²) < 4.78 is 12.1. The van der Waals surface area contributed by atoms with Crippen molar-refractivity contribution >= 4 is 23.6 Å². The minimum absolute atomic E-state index is 0.125. The number of ether oxygens (including phenoxy) is 2. The Hall–Kier alpha value is -0.640. The molecule has 1 aromatic rings. The Bertz CT molecular complexity index is 319. The van der Waals surface area contributed by atoms with E-state index in [1.165, 1.54) is 0 Å². The molecule has 2 rings (SSSR count). The molecule has 1 heterocycles. The molecule has 3 nitrogen and oxygen atoms in total. The summed E-state index contributed by atoms with van der Waals surface area (Å²) in [7, 11) is 0. The van der Waals surface area contributed by atoms with Gasteiger partial charge in [-0.15, -0.1) is 3.94 Å². The van der Waals surface area contributed by atoms with Gasteiger partial charge in [0.25, 0.3) is 0 Å². The average Bonchev–Trinajstić information content (AvgIpc) is 2.17. The van der Waals surface area contributed by atoms with Crippen LogP contribution in [0, 0.1) is 0 Å². The topological polar surface area (TPSA) is 21.7 Å².